The van der Waals surface area contributed by atoms with E-state index in [0.29, 0.717) is 19.3 Å². The molecule has 3 rings (SSSR count). The number of hydrogen-bond acceptors (Lipinski definition) is 5. The van der Waals surface area contributed by atoms with Gasteiger partial charge in [0.25, 0.3) is 5.91 Å². The van der Waals surface area contributed by atoms with Crippen LogP contribution in [0.15, 0.2) is 0 Å². The van der Waals surface area contributed by atoms with E-state index in [2.05, 4.69) is 16.0 Å². The first kappa shape index (κ1) is 30.7. The Kier molecular flexibility index (Phi) is 9.59. The molecule has 3 fully saturated rings. The number of alkyl halides is 2. The summed E-state index contributed by atoms with van der Waals surface area (Å²) in [4.78, 5) is 65.5. The first-order valence-corrected chi connectivity index (χ1v) is 13.9. The molecule has 0 radical (unpaired) electrons. The SMILES string of the molecule is CC(F)(F)CCC(NC(=O)[C@@H]1CC(C2CCCC2)CN1C(=O)C(NC(=O)O)C(C)(C)C)C(=O)C(=O)NC1CC1. The molecule has 220 valence electrons. The number of carbonyl (C=O) groups is 5. The van der Waals surface area contributed by atoms with Crippen LogP contribution in [0.4, 0.5) is 13.6 Å². The van der Waals surface area contributed by atoms with E-state index in [1.165, 1.54) is 4.90 Å². The van der Waals surface area contributed by atoms with Gasteiger partial charge in [-0.3, -0.25) is 19.2 Å². The van der Waals surface area contributed by atoms with Gasteiger partial charge >= 0.3 is 6.09 Å². The number of nitrogens with one attached hydrogen (secondary N) is 3. The number of likely N-dealkylation sites (tertiary alicyclic amines) is 1. The average molecular weight is 557 g/mol. The highest BCUT2D eigenvalue weighted by atomic mass is 19.3. The Labute approximate surface area is 228 Å². The third-order valence-corrected chi connectivity index (χ3v) is 8.01. The number of ketones is 1. The van der Waals surface area contributed by atoms with Crippen LogP contribution in [0.2, 0.25) is 0 Å². The fraction of sp³-hybridized carbons (Fsp3) is 0.815. The number of halogens is 2. The maximum Gasteiger partial charge on any atom is 0.405 e. The van der Waals surface area contributed by atoms with Crippen LogP contribution in [0.5, 0.6) is 0 Å². The maximum absolute atomic E-state index is 13.7. The highest BCUT2D eigenvalue weighted by Gasteiger charge is 2.47. The summed E-state index contributed by atoms with van der Waals surface area (Å²) in [6.07, 6.45) is 3.26. The van der Waals surface area contributed by atoms with Gasteiger partial charge in [-0.25, -0.2) is 13.6 Å². The van der Waals surface area contributed by atoms with E-state index in [1.807, 2.05) is 0 Å². The van der Waals surface area contributed by atoms with E-state index >= 15 is 0 Å². The molecule has 0 aromatic carbocycles. The fourth-order valence-corrected chi connectivity index (χ4v) is 5.65. The first-order chi connectivity index (χ1) is 18.1. The predicted molar refractivity (Wildman–Crippen MR) is 138 cm³/mol. The van der Waals surface area contributed by atoms with E-state index in [0.717, 1.165) is 38.5 Å². The molecule has 4 N–H and O–H groups in total. The molecule has 2 saturated carbocycles. The lowest BCUT2D eigenvalue weighted by Crippen LogP contribution is -2.59. The number of hydrogen-bond donors (Lipinski definition) is 4. The average Bonchev–Trinajstić information content (AvgIpc) is 3.29. The van der Waals surface area contributed by atoms with Crippen LogP contribution in [0.1, 0.15) is 85.5 Å². The number of carboxylic acid groups (broad SMARTS) is 1. The second-order valence-corrected chi connectivity index (χ2v) is 12.6. The van der Waals surface area contributed by atoms with Crippen molar-refractivity contribution < 1.29 is 37.9 Å². The zero-order chi connectivity index (χ0) is 29.1. The van der Waals surface area contributed by atoms with E-state index < -0.39 is 71.9 Å². The summed E-state index contributed by atoms with van der Waals surface area (Å²) < 4.78 is 27.3. The van der Waals surface area contributed by atoms with E-state index in [4.69, 9.17) is 0 Å². The summed E-state index contributed by atoms with van der Waals surface area (Å²) in [6, 6.07) is -3.75. The van der Waals surface area contributed by atoms with Gasteiger partial charge in [-0.1, -0.05) is 46.5 Å². The molecule has 0 aromatic heterocycles. The topological polar surface area (TPSA) is 145 Å². The summed E-state index contributed by atoms with van der Waals surface area (Å²) in [6.45, 7) is 6.09. The molecular formula is C27H42F2N4O6. The van der Waals surface area contributed by atoms with E-state index in [9.17, 15) is 37.9 Å². The van der Waals surface area contributed by atoms with Gasteiger partial charge in [-0.2, -0.15) is 0 Å². The van der Waals surface area contributed by atoms with Crippen molar-refractivity contribution >= 4 is 29.6 Å². The van der Waals surface area contributed by atoms with Crippen LogP contribution in [-0.4, -0.2) is 76.2 Å². The standard InChI is InChI=1S/C27H42F2N4O6/c1-26(2,3)21(32-25(38)39)24(37)33-14-16(15-7-5-6-8-15)13-19(33)22(35)31-18(11-12-27(4,28)29)20(34)23(36)30-17-9-10-17/h15-19,21,32H,5-14H2,1-4H3,(H,30,36)(H,31,35)(H,38,39)/t16?,18?,19-,21?/m0/s1. The Morgan fingerprint density at radius 2 is 1.56 bits per heavy atom. The van der Waals surface area contributed by atoms with Crippen molar-refractivity contribution in [3.8, 4) is 0 Å². The molecule has 2 aliphatic carbocycles. The summed E-state index contributed by atoms with van der Waals surface area (Å²) >= 11 is 0. The molecule has 4 amide bonds. The summed E-state index contributed by atoms with van der Waals surface area (Å²) in [7, 11) is 0. The van der Waals surface area contributed by atoms with Gasteiger partial charge in [0.1, 0.15) is 12.1 Å². The molecule has 3 unspecified atom stereocenters. The Bertz CT molecular complexity index is 953. The van der Waals surface area contributed by atoms with Crippen molar-refractivity contribution in [1.29, 1.82) is 0 Å². The summed E-state index contributed by atoms with van der Waals surface area (Å²) in [5, 5.41) is 16.7. The minimum Gasteiger partial charge on any atom is -0.465 e. The zero-order valence-electron chi connectivity index (χ0n) is 23.2. The first-order valence-electron chi connectivity index (χ1n) is 13.9. The van der Waals surface area contributed by atoms with Crippen LogP contribution in [-0.2, 0) is 19.2 Å². The smallest absolute Gasteiger partial charge is 0.405 e. The van der Waals surface area contributed by atoms with Crippen LogP contribution < -0.4 is 16.0 Å². The molecular weight excluding hydrogens is 514 g/mol. The van der Waals surface area contributed by atoms with Gasteiger partial charge in [0.2, 0.25) is 23.5 Å². The largest absolute Gasteiger partial charge is 0.465 e. The lowest BCUT2D eigenvalue weighted by atomic mass is 9.85. The number of Topliss-reactive ketones (excluding diaryl/α,β-unsaturated/α-hetero) is 1. The van der Waals surface area contributed by atoms with Crippen LogP contribution in [0, 0.1) is 17.3 Å². The van der Waals surface area contributed by atoms with Crippen molar-refractivity contribution in [1.82, 2.24) is 20.9 Å². The second-order valence-electron chi connectivity index (χ2n) is 12.6. The third kappa shape index (κ3) is 8.60. The van der Waals surface area contributed by atoms with E-state index in [1.54, 1.807) is 20.8 Å². The molecule has 10 nitrogen and oxygen atoms in total. The molecule has 0 bridgehead atoms. The highest BCUT2D eigenvalue weighted by Crippen LogP contribution is 2.39. The molecule has 12 heteroatoms. The van der Waals surface area contributed by atoms with Crippen LogP contribution in [0.3, 0.4) is 0 Å². The second kappa shape index (κ2) is 12.2. The van der Waals surface area contributed by atoms with Gasteiger partial charge in [-0.05, 0) is 49.9 Å². The van der Waals surface area contributed by atoms with Crippen LogP contribution in [0.25, 0.3) is 0 Å². The van der Waals surface area contributed by atoms with Gasteiger partial charge in [0.15, 0.2) is 0 Å². The van der Waals surface area contributed by atoms with Gasteiger partial charge in [0.05, 0.1) is 6.04 Å². The zero-order valence-corrected chi connectivity index (χ0v) is 23.2. The molecule has 1 heterocycles. The number of rotatable bonds is 11. The molecule has 4 atom stereocenters. The quantitative estimate of drug-likeness (QED) is 0.288. The van der Waals surface area contributed by atoms with Crippen molar-refractivity contribution in [3.05, 3.63) is 0 Å². The van der Waals surface area contributed by atoms with Crippen LogP contribution >= 0.6 is 0 Å². The molecule has 1 saturated heterocycles. The minimum absolute atomic E-state index is 0.00457. The molecule has 0 aromatic rings. The minimum atomic E-state index is -3.11. The van der Waals surface area contributed by atoms with Crippen molar-refractivity contribution in [3.63, 3.8) is 0 Å². The highest BCUT2D eigenvalue weighted by molar-refractivity contribution is 6.38. The van der Waals surface area contributed by atoms with Gasteiger partial charge < -0.3 is 26.0 Å². The van der Waals surface area contributed by atoms with Gasteiger partial charge in [-0.15, -0.1) is 0 Å². The van der Waals surface area contributed by atoms with Crippen molar-refractivity contribution in [2.75, 3.05) is 6.54 Å². The summed E-state index contributed by atoms with van der Waals surface area (Å²) in [5.74, 6) is -5.98. The molecule has 0 spiro atoms. The van der Waals surface area contributed by atoms with E-state index in [-0.39, 0.29) is 18.5 Å². The number of amides is 4. The van der Waals surface area contributed by atoms with Crippen molar-refractivity contribution in [2.45, 2.75) is 116 Å². The predicted octanol–water partition coefficient (Wildman–Crippen LogP) is 2.84. The Morgan fingerprint density at radius 1 is 0.949 bits per heavy atom. The number of nitrogens with zero attached hydrogens (tertiary/aromatic N) is 1. The molecule has 1 aliphatic heterocycles. The fourth-order valence-electron chi connectivity index (χ4n) is 5.65. The normalized spacial score (nSPS) is 23.7. The summed E-state index contributed by atoms with van der Waals surface area (Å²) in [5.41, 5.74) is -0.798. The maximum atomic E-state index is 13.7. The molecule has 3 aliphatic rings. The lowest BCUT2D eigenvalue weighted by molar-refractivity contribution is -0.144. The Morgan fingerprint density at radius 3 is 2.08 bits per heavy atom. The lowest BCUT2D eigenvalue weighted by Gasteiger charge is -2.35. The molecule has 39 heavy (non-hydrogen) atoms. The number of carbonyl (C=O) groups excluding carboxylic acids is 4. The third-order valence-electron chi connectivity index (χ3n) is 8.01. The monoisotopic (exact) mass is 556 g/mol. The van der Waals surface area contributed by atoms with Gasteiger partial charge in [0, 0.05) is 19.0 Å². The Balaban J connectivity index is 1.84. The van der Waals surface area contributed by atoms with Crippen molar-refractivity contribution in [2.24, 2.45) is 17.3 Å². The Hall–Kier alpha value is -2.79.